The van der Waals surface area contributed by atoms with Crippen LogP contribution in [0.1, 0.15) is 22.8 Å². The molecule has 26 heavy (non-hydrogen) atoms. The van der Waals surface area contributed by atoms with E-state index >= 15 is 0 Å². The summed E-state index contributed by atoms with van der Waals surface area (Å²) in [5.41, 5.74) is -0.873. The van der Waals surface area contributed by atoms with Crippen LogP contribution in [0.3, 0.4) is 0 Å². The minimum atomic E-state index is -1.70. The Kier molecular flexibility index (Phi) is 4.81. The van der Waals surface area contributed by atoms with Gasteiger partial charge in [-0.2, -0.15) is 5.10 Å². The number of benzene rings is 2. The summed E-state index contributed by atoms with van der Waals surface area (Å²) in [7, 11) is 0. The standard InChI is InChI=1S/C19H17F2N3O2/c1-19(26,15-8-7-13(20)11-16(15)21)12-22-18(25)14-5-2-3-6-17(14)24-10-4-9-23-24/h2-11,26H,12H2,1H3,(H,22,25)/t19-/m1/s1. The maximum Gasteiger partial charge on any atom is 0.253 e. The summed E-state index contributed by atoms with van der Waals surface area (Å²) in [5, 5.41) is 17.2. The zero-order chi connectivity index (χ0) is 18.7. The molecule has 0 spiro atoms. The van der Waals surface area contributed by atoms with Gasteiger partial charge >= 0.3 is 0 Å². The molecule has 3 rings (SSSR count). The number of aromatic nitrogens is 2. The molecule has 0 aliphatic heterocycles. The number of carbonyl (C=O) groups is 1. The number of nitrogens with one attached hydrogen (secondary N) is 1. The highest BCUT2D eigenvalue weighted by Crippen LogP contribution is 2.24. The quantitative estimate of drug-likeness (QED) is 0.738. The summed E-state index contributed by atoms with van der Waals surface area (Å²) in [6.45, 7) is 1.10. The van der Waals surface area contributed by atoms with E-state index in [1.165, 1.54) is 6.92 Å². The second-order valence-corrected chi connectivity index (χ2v) is 6.05. The number of halogens is 2. The fourth-order valence-electron chi connectivity index (χ4n) is 2.65. The topological polar surface area (TPSA) is 67.2 Å². The first-order valence-corrected chi connectivity index (χ1v) is 7.93. The van der Waals surface area contributed by atoms with Gasteiger partial charge < -0.3 is 10.4 Å². The largest absolute Gasteiger partial charge is 0.383 e. The van der Waals surface area contributed by atoms with Gasteiger partial charge in [-0.05, 0) is 31.2 Å². The minimum absolute atomic E-state index is 0.0976. The fourth-order valence-corrected chi connectivity index (χ4v) is 2.65. The first kappa shape index (κ1) is 17.8. The molecule has 0 fully saturated rings. The number of aliphatic hydroxyl groups is 1. The van der Waals surface area contributed by atoms with E-state index in [0.717, 1.165) is 12.1 Å². The van der Waals surface area contributed by atoms with Crippen molar-refractivity contribution >= 4 is 5.91 Å². The molecular weight excluding hydrogens is 340 g/mol. The highest BCUT2D eigenvalue weighted by Gasteiger charge is 2.28. The van der Waals surface area contributed by atoms with Gasteiger partial charge in [-0.3, -0.25) is 4.79 Å². The molecule has 0 unspecified atom stereocenters. The van der Waals surface area contributed by atoms with Gasteiger partial charge in [-0.25, -0.2) is 13.5 Å². The predicted octanol–water partition coefficient (Wildman–Crippen LogP) is 2.79. The first-order valence-electron chi connectivity index (χ1n) is 7.93. The third-order valence-electron chi connectivity index (χ3n) is 4.00. The van der Waals surface area contributed by atoms with Crippen LogP contribution in [0.2, 0.25) is 0 Å². The normalized spacial score (nSPS) is 13.2. The second-order valence-electron chi connectivity index (χ2n) is 6.05. The van der Waals surface area contributed by atoms with Crippen LogP contribution >= 0.6 is 0 Å². The van der Waals surface area contributed by atoms with Crippen molar-refractivity contribution < 1.29 is 18.7 Å². The van der Waals surface area contributed by atoms with Crippen molar-refractivity contribution in [3.63, 3.8) is 0 Å². The van der Waals surface area contributed by atoms with E-state index in [9.17, 15) is 18.7 Å². The van der Waals surface area contributed by atoms with Crippen LogP contribution in [0.4, 0.5) is 8.78 Å². The molecule has 3 aromatic rings. The number of hydrogen-bond donors (Lipinski definition) is 2. The van der Waals surface area contributed by atoms with Crippen LogP contribution in [0.15, 0.2) is 60.9 Å². The Balaban J connectivity index is 1.79. The molecule has 1 atom stereocenters. The second kappa shape index (κ2) is 7.05. The van der Waals surface area contributed by atoms with Gasteiger partial charge in [0.25, 0.3) is 5.91 Å². The molecule has 2 aromatic carbocycles. The van der Waals surface area contributed by atoms with E-state index in [0.29, 0.717) is 17.3 Å². The summed E-state index contributed by atoms with van der Waals surface area (Å²) >= 11 is 0. The molecule has 0 aliphatic rings. The van der Waals surface area contributed by atoms with Crippen LogP contribution in [-0.4, -0.2) is 27.3 Å². The van der Waals surface area contributed by atoms with Crippen LogP contribution in [0.5, 0.6) is 0 Å². The van der Waals surface area contributed by atoms with Crippen LogP contribution < -0.4 is 5.32 Å². The molecule has 1 heterocycles. The lowest BCUT2D eigenvalue weighted by Gasteiger charge is -2.25. The third kappa shape index (κ3) is 3.62. The van der Waals surface area contributed by atoms with Gasteiger partial charge in [-0.15, -0.1) is 0 Å². The molecule has 0 saturated carbocycles. The summed E-state index contributed by atoms with van der Waals surface area (Å²) in [6, 6.07) is 11.5. The molecule has 1 aromatic heterocycles. The number of nitrogens with zero attached hydrogens (tertiary/aromatic N) is 2. The Bertz CT molecular complexity index is 924. The molecule has 7 heteroatoms. The number of amides is 1. The number of carbonyl (C=O) groups excluding carboxylic acids is 1. The Morgan fingerprint density at radius 3 is 2.69 bits per heavy atom. The highest BCUT2D eigenvalue weighted by atomic mass is 19.1. The summed E-state index contributed by atoms with van der Waals surface area (Å²) in [5.74, 6) is -2.06. The molecule has 2 N–H and O–H groups in total. The zero-order valence-corrected chi connectivity index (χ0v) is 14.0. The van der Waals surface area contributed by atoms with Gasteiger partial charge in [0.2, 0.25) is 0 Å². The predicted molar refractivity (Wildman–Crippen MR) is 91.8 cm³/mol. The average Bonchev–Trinajstić information content (AvgIpc) is 3.14. The molecule has 5 nitrogen and oxygen atoms in total. The van der Waals surface area contributed by atoms with Gasteiger partial charge in [0.05, 0.1) is 17.8 Å². The van der Waals surface area contributed by atoms with Gasteiger partial charge in [0, 0.05) is 24.0 Å². The molecule has 1 amide bonds. The zero-order valence-electron chi connectivity index (χ0n) is 14.0. The Labute approximate surface area is 148 Å². The SMILES string of the molecule is C[C@@](O)(CNC(=O)c1ccccc1-n1cccn1)c1ccc(F)cc1F. The summed E-state index contributed by atoms with van der Waals surface area (Å²) in [6.07, 6.45) is 3.30. The van der Waals surface area contributed by atoms with E-state index in [2.05, 4.69) is 10.4 Å². The molecule has 0 radical (unpaired) electrons. The Hall–Kier alpha value is -3.06. The van der Waals surface area contributed by atoms with Crippen molar-refractivity contribution in [1.29, 1.82) is 0 Å². The van der Waals surface area contributed by atoms with Crippen LogP contribution in [0.25, 0.3) is 5.69 Å². The van der Waals surface area contributed by atoms with E-state index < -0.39 is 23.1 Å². The maximum absolute atomic E-state index is 13.9. The average molecular weight is 357 g/mol. The lowest BCUT2D eigenvalue weighted by Crippen LogP contribution is -2.39. The van der Waals surface area contributed by atoms with E-state index in [1.807, 2.05) is 0 Å². The van der Waals surface area contributed by atoms with Gasteiger partial charge in [0.15, 0.2) is 0 Å². The third-order valence-corrected chi connectivity index (χ3v) is 4.00. The smallest absolute Gasteiger partial charge is 0.253 e. The Morgan fingerprint density at radius 1 is 1.23 bits per heavy atom. The van der Waals surface area contributed by atoms with Crippen molar-refractivity contribution in [3.05, 3.63) is 83.7 Å². The van der Waals surface area contributed by atoms with E-state index in [1.54, 1.807) is 47.4 Å². The number of para-hydroxylation sites is 1. The molecule has 0 saturated heterocycles. The summed E-state index contributed by atoms with van der Waals surface area (Å²) < 4.78 is 28.5. The molecule has 134 valence electrons. The lowest BCUT2D eigenvalue weighted by atomic mass is 9.95. The van der Waals surface area contributed by atoms with Crippen molar-refractivity contribution in [2.75, 3.05) is 6.54 Å². The van der Waals surface area contributed by atoms with E-state index in [-0.39, 0.29) is 12.1 Å². The van der Waals surface area contributed by atoms with Crippen LogP contribution in [-0.2, 0) is 5.60 Å². The van der Waals surface area contributed by atoms with E-state index in [4.69, 9.17) is 0 Å². The molecular formula is C19H17F2N3O2. The first-order chi connectivity index (χ1) is 12.4. The van der Waals surface area contributed by atoms with Gasteiger partial charge in [0.1, 0.15) is 17.2 Å². The lowest BCUT2D eigenvalue weighted by molar-refractivity contribution is 0.0494. The van der Waals surface area contributed by atoms with Crippen molar-refractivity contribution in [3.8, 4) is 5.69 Å². The fraction of sp³-hybridized carbons (Fsp3) is 0.158. The number of hydrogen-bond acceptors (Lipinski definition) is 3. The minimum Gasteiger partial charge on any atom is -0.383 e. The Morgan fingerprint density at radius 2 is 2.00 bits per heavy atom. The van der Waals surface area contributed by atoms with Gasteiger partial charge in [-0.1, -0.05) is 18.2 Å². The van der Waals surface area contributed by atoms with Crippen molar-refractivity contribution in [2.24, 2.45) is 0 Å². The molecule has 0 bridgehead atoms. The maximum atomic E-state index is 13.9. The summed E-state index contributed by atoms with van der Waals surface area (Å²) in [4.78, 5) is 12.6. The van der Waals surface area contributed by atoms with Crippen molar-refractivity contribution in [1.82, 2.24) is 15.1 Å². The monoisotopic (exact) mass is 357 g/mol. The van der Waals surface area contributed by atoms with Crippen molar-refractivity contribution in [2.45, 2.75) is 12.5 Å². The molecule has 0 aliphatic carbocycles. The van der Waals surface area contributed by atoms with Crippen LogP contribution in [0, 0.1) is 11.6 Å². The number of rotatable bonds is 5. The highest BCUT2D eigenvalue weighted by molar-refractivity contribution is 5.97.